The fraction of sp³-hybridized carbons (Fsp3) is 0.214. The summed E-state index contributed by atoms with van der Waals surface area (Å²) in [4.78, 5) is 0. The molecule has 0 saturated heterocycles. The summed E-state index contributed by atoms with van der Waals surface area (Å²) in [6.07, 6.45) is -0.637. The van der Waals surface area contributed by atoms with Gasteiger partial charge in [0.05, 0.1) is 11.1 Å². The van der Waals surface area contributed by atoms with Crippen molar-refractivity contribution in [2.45, 2.75) is 19.5 Å². The predicted octanol–water partition coefficient (Wildman–Crippen LogP) is 3.93. The average molecular weight is 264 g/mol. The molecule has 2 aromatic rings. The molecule has 2 rings (SSSR count). The summed E-state index contributed by atoms with van der Waals surface area (Å²) in [5, 5.41) is 8.76. The standard InChI is InChI=1S/C14H11F3N2/c1-2-11-3-4-12(14(15,16)17)7-13(11)19-6-5-10(8-18)9-19/h3-7,9H,2H2,1H3. The zero-order valence-corrected chi connectivity index (χ0v) is 10.2. The van der Waals surface area contributed by atoms with E-state index in [2.05, 4.69) is 0 Å². The highest BCUT2D eigenvalue weighted by Crippen LogP contribution is 2.32. The molecule has 98 valence electrons. The van der Waals surface area contributed by atoms with E-state index in [4.69, 9.17) is 5.26 Å². The van der Waals surface area contributed by atoms with Crippen molar-refractivity contribution in [3.8, 4) is 11.8 Å². The van der Waals surface area contributed by atoms with Gasteiger partial charge < -0.3 is 4.57 Å². The van der Waals surface area contributed by atoms with E-state index < -0.39 is 11.7 Å². The van der Waals surface area contributed by atoms with Gasteiger partial charge in [0.2, 0.25) is 0 Å². The minimum absolute atomic E-state index is 0.416. The number of hydrogen-bond acceptors (Lipinski definition) is 1. The van der Waals surface area contributed by atoms with Crippen molar-refractivity contribution in [1.82, 2.24) is 4.57 Å². The molecule has 2 nitrogen and oxygen atoms in total. The van der Waals surface area contributed by atoms with Crippen molar-refractivity contribution in [2.75, 3.05) is 0 Å². The molecule has 0 aliphatic carbocycles. The molecule has 5 heteroatoms. The molecule has 1 heterocycles. The first-order chi connectivity index (χ1) is 8.95. The van der Waals surface area contributed by atoms with Gasteiger partial charge in [0.1, 0.15) is 6.07 Å². The Labute approximate surface area is 108 Å². The molecule has 0 saturated carbocycles. The first-order valence-electron chi connectivity index (χ1n) is 5.74. The highest BCUT2D eigenvalue weighted by atomic mass is 19.4. The van der Waals surface area contributed by atoms with E-state index in [1.165, 1.54) is 12.3 Å². The molecular weight excluding hydrogens is 253 g/mol. The van der Waals surface area contributed by atoms with Crippen molar-refractivity contribution in [1.29, 1.82) is 5.26 Å². The third kappa shape index (κ3) is 2.63. The minimum Gasteiger partial charge on any atom is -0.322 e. The summed E-state index contributed by atoms with van der Waals surface area (Å²) in [5.74, 6) is 0. The number of rotatable bonds is 2. The van der Waals surface area contributed by atoms with Gasteiger partial charge in [-0.05, 0) is 30.2 Å². The molecule has 0 bridgehead atoms. The highest BCUT2D eigenvalue weighted by Gasteiger charge is 2.31. The maximum atomic E-state index is 12.7. The molecule has 0 unspecified atom stereocenters. The Morgan fingerprint density at radius 2 is 2.00 bits per heavy atom. The Kier molecular flexibility index (Phi) is 3.34. The molecule has 0 aliphatic heterocycles. The number of nitriles is 1. The van der Waals surface area contributed by atoms with E-state index in [9.17, 15) is 13.2 Å². The lowest BCUT2D eigenvalue weighted by molar-refractivity contribution is -0.137. The molecule has 0 atom stereocenters. The van der Waals surface area contributed by atoms with Crippen molar-refractivity contribution >= 4 is 0 Å². The zero-order valence-electron chi connectivity index (χ0n) is 10.2. The monoisotopic (exact) mass is 264 g/mol. The number of alkyl halides is 3. The average Bonchev–Trinajstić information content (AvgIpc) is 2.85. The van der Waals surface area contributed by atoms with Crippen molar-refractivity contribution in [2.24, 2.45) is 0 Å². The number of halogens is 3. The SMILES string of the molecule is CCc1ccc(C(F)(F)F)cc1-n1ccc(C#N)c1. The Morgan fingerprint density at radius 1 is 1.26 bits per heavy atom. The Morgan fingerprint density at radius 3 is 2.53 bits per heavy atom. The summed E-state index contributed by atoms with van der Waals surface area (Å²) in [6.45, 7) is 1.88. The van der Waals surface area contributed by atoms with E-state index in [0.717, 1.165) is 17.7 Å². The van der Waals surface area contributed by atoms with Gasteiger partial charge in [0, 0.05) is 18.1 Å². The lowest BCUT2D eigenvalue weighted by atomic mass is 10.1. The maximum absolute atomic E-state index is 12.7. The van der Waals surface area contributed by atoms with Gasteiger partial charge in [-0.3, -0.25) is 0 Å². The Bertz CT molecular complexity index is 633. The summed E-state index contributed by atoms with van der Waals surface area (Å²) in [7, 11) is 0. The molecular formula is C14H11F3N2. The quantitative estimate of drug-likeness (QED) is 0.807. The van der Waals surface area contributed by atoms with E-state index >= 15 is 0 Å². The molecule has 0 N–H and O–H groups in total. The van der Waals surface area contributed by atoms with Gasteiger partial charge in [0.15, 0.2) is 0 Å². The van der Waals surface area contributed by atoms with Gasteiger partial charge in [-0.15, -0.1) is 0 Å². The van der Waals surface area contributed by atoms with Crippen LogP contribution in [0.2, 0.25) is 0 Å². The van der Waals surface area contributed by atoms with Crippen molar-refractivity contribution < 1.29 is 13.2 Å². The van der Waals surface area contributed by atoms with Gasteiger partial charge in [-0.25, -0.2) is 0 Å². The third-order valence-corrected chi connectivity index (χ3v) is 2.89. The molecule has 0 radical (unpaired) electrons. The normalized spacial score (nSPS) is 11.3. The lowest BCUT2D eigenvalue weighted by Gasteiger charge is -2.13. The first kappa shape index (κ1) is 13.2. The summed E-state index contributed by atoms with van der Waals surface area (Å²) in [6, 6.07) is 7.19. The van der Waals surface area contributed by atoms with Crippen LogP contribution in [-0.2, 0) is 12.6 Å². The molecule has 0 spiro atoms. The van der Waals surface area contributed by atoms with Crippen LogP contribution in [0.4, 0.5) is 13.2 Å². The molecule has 1 aromatic heterocycles. The van der Waals surface area contributed by atoms with Crippen LogP contribution in [0.3, 0.4) is 0 Å². The molecule has 0 aliphatic rings. The Hall–Kier alpha value is -2.22. The molecule has 1 aromatic carbocycles. The van der Waals surface area contributed by atoms with Crippen LogP contribution in [0.1, 0.15) is 23.6 Å². The minimum atomic E-state index is -4.37. The molecule has 19 heavy (non-hydrogen) atoms. The second-order valence-electron chi connectivity index (χ2n) is 4.11. The Balaban J connectivity index is 2.57. The maximum Gasteiger partial charge on any atom is 0.416 e. The topological polar surface area (TPSA) is 28.7 Å². The lowest BCUT2D eigenvalue weighted by Crippen LogP contribution is -2.07. The largest absolute Gasteiger partial charge is 0.416 e. The molecule has 0 amide bonds. The fourth-order valence-corrected chi connectivity index (χ4v) is 1.89. The van der Waals surface area contributed by atoms with Crippen LogP contribution in [-0.4, -0.2) is 4.57 Å². The smallest absolute Gasteiger partial charge is 0.322 e. The highest BCUT2D eigenvalue weighted by molar-refractivity contribution is 5.46. The first-order valence-corrected chi connectivity index (χ1v) is 5.74. The summed E-state index contributed by atoms with van der Waals surface area (Å²) < 4.78 is 39.7. The van der Waals surface area contributed by atoms with Crippen LogP contribution in [0.15, 0.2) is 36.7 Å². The summed E-state index contributed by atoms with van der Waals surface area (Å²) >= 11 is 0. The summed E-state index contributed by atoms with van der Waals surface area (Å²) in [5.41, 5.74) is 0.985. The van der Waals surface area contributed by atoms with Crippen LogP contribution < -0.4 is 0 Å². The number of benzene rings is 1. The second-order valence-corrected chi connectivity index (χ2v) is 4.11. The van der Waals surface area contributed by atoms with Crippen molar-refractivity contribution in [3.05, 3.63) is 53.3 Å². The molecule has 0 fully saturated rings. The number of aromatic nitrogens is 1. The van der Waals surface area contributed by atoms with Gasteiger partial charge in [-0.1, -0.05) is 13.0 Å². The number of aryl methyl sites for hydroxylation is 1. The van der Waals surface area contributed by atoms with Gasteiger partial charge in [-0.2, -0.15) is 18.4 Å². The van der Waals surface area contributed by atoms with E-state index in [-0.39, 0.29) is 0 Å². The van der Waals surface area contributed by atoms with Gasteiger partial charge >= 0.3 is 6.18 Å². The fourth-order valence-electron chi connectivity index (χ4n) is 1.89. The number of nitrogens with zero attached hydrogens (tertiary/aromatic N) is 2. The zero-order chi connectivity index (χ0) is 14.0. The van der Waals surface area contributed by atoms with Crippen LogP contribution in [0, 0.1) is 11.3 Å². The van der Waals surface area contributed by atoms with Gasteiger partial charge in [0.25, 0.3) is 0 Å². The van der Waals surface area contributed by atoms with Crippen LogP contribution in [0.25, 0.3) is 5.69 Å². The predicted molar refractivity (Wildman–Crippen MR) is 64.9 cm³/mol. The van der Waals surface area contributed by atoms with E-state index in [0.29, 0.717) is 17.7 Å². The third-order valence-electron chi connectivity index (χ3n) is 2.89. The van der Waals surface area contributed by atoms with Crippen LogP contribution in [0.5, 0.6) is 0 Å². The van der Waals surface area contributed by atoms with Crippen molar-refractivity contribution in [3.63, 3.8) is 0 Å². The van der Waals surface area contributed by atoms with E-state index in [1.807, 2.05) is 13.0 Å². The van der Waals surface area contributed by atoms with Crippen LogP contribution >= 0.6 is 0 Å². The van der Waals surface area contributed by atoms with E-state index in [1.54, 1.807) is 16.8 Å². The second kappa shape index (κ2) is 4.81. The number of hydrogen-bond donors (Lipinski definition) is 0.